The molecule has 1 fully saturated rings. The number of carbonyl (C=O) groups is 1. The van der Waals surface area contributed by atoms with E-state index in [4.69, 9.17) is 9.47 Å². The van der Waals surface area contributed by atoms with Gasteiger partial charge in [0.15, 0.2) is 0 Å². The van der Waals surface area contributed by atoms with E-state index in [0.29, 0.717) is 6.54 Å². The van der Waals surface area contributed by atoms with Crippen LogP contribution in [0.3, 0.4) is 0 Å². The van der Waals surface area contributed by atoms with Crippen molar-refractivity contribution in [2.75, 3.05) is 13.7 Å². The highest BCUT2D eigenvalue weighted by Crippen LogP contribution is 2.24. The zero-order valence-electron chi connectivity index (χ0n) is 13.1. The molecule has 0 unspecified atom stereocenters. The second kappa shape index (κ2) is 7.46. The van der Waals surface area contributed by atoms with Gasteiger partial charge in [-0.15, -0.1) is 0 Å². The largest absolute Gasteiger partial charge is 0.496 e. The highest BCUT2D eigenvalue weighted by atomic mass is 16.5. The van der Waals surface area contributed by atoms with Gasteiger partial charge in [0.1, 0.15) is 5.75 Å². The number of hydrogen-bond donors (Lipinski definition) is 1. The van der Waals surface area contributed by atoms with Crippen LogP contribution >= 0.6 is 0 Å². The lowest BCUT2D eigenvalue weighted by Gasteiger charge is -2.31. The Bertz CT molecular complexity index is 465. The Morgan fingerprint density at radius 1 is 1.29 bits per heavy atom. The Kier molecular flexibility index (Phi) is 5.62. The summed E-state index contributed by atoms with van der Waals surface area (Å²) in [5.41, 5.74) is 1.12. The van der Waals surface area contributed by atoms with E-state index in [0.717, 1.165) is 30.6 Å². The summed E-state index contributed by atoms with van der Waals surface area (Å²) in [4.78, 5) is 12.2. The molecule has 1 aromatic rings. The molecule has 2 atom stereocenters. The number of methoxy groups -OCH3 is 1. The molecule has 21 heavy (non-hydrogen) atoms. The first-order valence-electron chi connectivity index (χ1n) is 7.65. The average Bonchev–Trinajstić information content (AvgIpc) is 2.46. The zero-order chi connectivity index (χ0) is 15.2. The van der Waals surface area contributed by atoms with Crippen LogP contribution in [0, 0.1) is 5.92 Å². The molecule has 4 heteroatoms. The van der Waals surface area contributed by atoms with Crippen molar-refractivity contribution >= 4 is 5.91 Å². The molecule has 0 bridgehead atoms. The first-order valence-corrected chi connectivity index (χ1v) is 7.65. The molecule has 1 aromatic carbocycles. The van der Waals surface area contributed by atoms with Crippen LogP contribution in [-0.4, -0.2) is 31.8 Å². The third kappa shape index (κ3) is 4.46. The maximum absolute atomic E-state index is 12.2. The second-order valence-corrected chi connectivity index (χ2v) is 5.78. The van der Waals surface area contributed by atoms with Gasteiger partial charge in [0.2, 0.25) is 5.91 Å². The number of benzene rings is 1. The molecule has 0 aromatic heterocycles. The lowest BCUT2D eigenvalue weighted by Crippen LogP contribution is -2.39. The van der Waals surface area contributed by atoms with Gasteiger partial charge in [0, 0.05) is 12.5 Å². The molecule has 1 heterocycles. The van der Waals surface area contributed by atoms with E-state index in [1.807, 2.05) is 38.1 Å². The minimum absolute atomic E-state index is 0.0708. The van der Waals surface area contributed by atoms with Crippen molar-refractivity contribution in [3.63, 3.8) is 0 Å². The van der Waals surface area contributed by atoms with Crippen molar-refractivity contribution in [1.82, 2.24) is 5.32 Å². The van der Waals surface area contributed by atoms with E-state index in [2.05, 4.69) is 5.32 Å². The maximum Gasteiger partial charge on any atom is 0.223 e. The van der Waals surface area contributed by atoms with Gasteiger partial charge in [0.05, 0.1) is 19.3 Å². The summed E-state index contributed by atoms with van der Waals surface area (Å²) in [5, 5.41) is 3.04. The molecule has 0 aliphatic carbocycles. The number of hydrogen-bond acceptors (Lipinski definition) is 3. The maximum atomic E-state index is 12.2. The number of amides is 1. The first kappa shape index (κ1) is 15.8. The molecule has 0 radical (unpaired) electrons. The highest BCUT2D eigenvalue weighted by molar-refractivity contribution is 5.78. The number of rotatable bonds is 5. The quantitative estimate of drug-likeness (QED) is 0.907. The summed E-state index contributed by atoms with van der Waals surface area (Å²) < 4.78 is 11.0. The lowest BCUT2D eigenvalue weighted by atomic mass is 9.92. The highest BCUT2D eigenvalue weighted by Gasteiger charge is 2.29. The van der Waals surface area contributed by atoms with Crippen molar-refractivity contribution in [2.24, 2.45) is 5.92 Å². The molecule has 0 saturated carbocycles. The minimum Gasteiger partial charge on any atom is -0.496 e. The molecule has 116 valence electrons. The van der Waals surface area contributed by atoms with Gasteiger partial charge in [-0.2, -0.15) is 0 Å². The van der Waals surface area contributed by atoms with Gasteiger partial charge in [0.25, 0.3) is 0 Å². The Hall–Kier alpha value is -1.55. The first-order chi connectivity index (χ1) is 10.1. The molecule has 1 saturated heterocycles. The molecule has 1 aliphatic heterocycles. The Morgan fingerprint density at radius 2 is 1.95 bits per heavy atom. The Labute approximate surface area is 126 Å². The second-order valence-electron chi connectivity index (χ2n) is 5.78. The molecule has 2 rings (SSSR count). The van der Waals surface area contributed by atoms with Crippen molar-refractivity contribution in [1.29, 1.82) is 0 Å². The third-order valence-electron chi connectivity index (χ3n) is 3.95. The van der Waals surface area contributed by atoms with Crippen LogP contribution < -0.4 is 10.1 Å². The fourth-order valence-corrected chi connectivity index (χ4v) is 2.99. The van der Waals surface area contributed by atoms with Gasteiger partial charge < -0.3 is 14.8 Å². The standard InChI is InChI=1S/C17H25NO3/c1-12-10-15(11-13(2)21-12)17(19)18-9-8-14-6-4-5-7-16(14)20-3/h4-7,12-13,15H,8-11H2,1-3H3,(H,18,19)/t12-,13-/m0/s1. The third-order valence-corrected chi connectivity index (χ3v) is 3.95. The van der Waals surface area contributed by atoms with Gasteiger partial charge in [-0.05, 0) is 44.7 Å². The van der Waals surface area contributed by atoms with Crippen LogP contribution in [0.5, 0.6) is 5.75 Å². The van der Waals surface area contributed by atoms with Crippen molar-refractivity contribution in [2.45, 2.75) is 45.3 Å². The van der Waals surface area contributed by atoms with E-state index < -0.39 is 0 Å². The van der Waals surface area contributed by atoms with Gasteiger partial charge in [-0.25, -0.2) is 0 Å². The SMILES string of the molecule is COc1ccccc1CCNC(=O)C1C[C@H](C)O[C@@H](C)C1. The summed E-state index contributed by atoms with van der Waals surface area (Å²) in [6, 6.07) is 7.91. The normalized spacial score (nSPS) is 25.4. The van der Waals surface area contributed by atoms with E-state index in [1.54, 1.807) is 7.11 Å². The van der Waals surface area contributed by atoms with Gasteiger partial charge in [-0.3, -0.25) is 4.79 Å². The van der Waals surface area contributed by atoms with Gasteiger partial charge in [-0.1, -0.05) is 18.2 Å². The van der Waals surface area contributed by atoms with Crippen LogP contribution in [-0.2, 0) is 16.0 Å². The van der Waals surface area contributed by atoms with Crippen molar-refractivity contribution < 1.29 is 14.3 Å². The molecular formula is C17H25NO3. The molecule has 4 nitrogen and oxygen atoms in total. The summed E-state index contributed by atoms with van der Waals surface area (Å²) in [7, 11) is 1.67. The van der Waals surface area contributed by atoms with Gasteiger partial charge >= 0.3 is 0 Å². The van der Waals surface area contributed by atoms with E-state index in [9.17, 15) is 4.79 Å². The number of carbonyl (C=O) groups excluding carboxylic acids is 1. The van der Waals surface area contributed by atoms with Crippen LogP contribution in [0.2, 0.25) is 0 Å². The average molecular weight is 291 g/mol. The van der Waals surface area contributed by atoms with Crippen LogP contribution in [0.25, 0.3) is 0 Å². The number of nitrogens with one attached hydrogen (secondary N) is 1. The Morgan fingerprint density at radius 3 is 2.62 bits per heavy atom. The minimum atomic E-state index is 0.0708. The lowest BCUT2D eigenvalue weighted by molar-refractivity contribution is -0.133. The fourth-order valence-electron chi connectivity index (χ4n) is 2.99. The van der Waals surface area contributed by atoms with E-state index in [1.165, 1.54) is 0 Å². The molecule has 1 N–H and O–H groups in total. The predicted octanol–water partition coefficient (Wildman–Crippen LogP) is 2.56. The number of ether oxygens (including phenoxy) is 2. The molecule has 1 aliphatic rings. The van der Waals surface area contributed by atoms with Crippen molar-refractivity contribution in [3.8, 4) is 5.75 Å². The topological polar surface area (TPSA) is 47.6 Å². The molecular weight excluding hydrogens is 266 g/mol. The predicted molar refractivity (Wildman–Crippen MR) is 82.4 cm³/mol. The zero-order valence-corrected chi connectivity index (χ0v) is 13.1. The van der Waals surface area contributed by atoms with Crippen LogP contribution in [0.1, 0.15) is 32.3 Å². The van der Waals surface area contributed by atoms with E-state index >= 15 is 0 Å². The molecule has 1 amide bonds. The van der Waals surface area contributed by atoms with Crippen LogP contribution in [0.4, 0.5) is 0 Å². The summed E-state index contributed by atoms with van der Waals surface area (Å²) in [5.74, 6) is 1.09. The Balaban J connectivity index is 1.81. The molecule has 0 spiro atoms. The summed E-state index contributed by atoms with van der Waals surface area (Å²) in [6.45, 7) is 4.70. The van der Waals surface area contributed by atoms with Crippen molar-refractivity contribution in [3.05, 3.63) is 29.8 Å². The van der Waals surface area contributed by atoms with E-state index in [-0.39, 0.29) is 24.0 Å². The summed E-state index contributed by atoms with van der Waals surface area (Å²) in [6.07, 6.45) is 2.73. The fraction of sp³-hybridized carbons (Fsp3) is 0.588. The smallest absolute Gasteiger partial charge is 0.223 e. The summed E-state index contributed by atoms with van der Waals surface area (Å²) >= 11 is 0. The number of para-hydroxylation sites is 1. The monoisotopic (exact) mass is 291 g/mol. The van der Waals surface area contributed by atoms with Crippen LogP contribution in [0.15, 0.2) is 24.3 Å².